The molecule has 0 heterocycles. The maximum atomic E-state index is 10.2. The Morgan fingerprint density at radius 2 is 2.38 bits per heavy atom. The van der Waals surface area contributed by atoms with Crippen LogP contribution in [-0.4, -0.2) is 16.6 Å². The monoisotopic (exact) mass is 116 g/mol. The molecular formula is C5H10NO2+. The fraction of sp³-hybridized carbons (Fsp3) is 0.800. The fourth-order valence-corrected chi connectivity index (χ4v) is 0.786. The predicted molar refractivity (Wildman–Crippen MR) is 27.0 cm³/mol. The minimum Gasteiger partial charge on any atom is -0.477 e. The van der Waals surface area contributed by atoms with E-state index in [2.05, 4.69) is 5.73 Å². The van der Waals surface area contributed by atoms with E-state index in [0.29, 0.717) is 0 Å². The van der Waals surface area contributed by atoms with Gasteiger partial charge in [-0.3, -0.25) is 0 Å². The zero-order valence-electron chi connectivity index (χ0n) is 4.85. The van der Waals surface area contributed by atoms with E-state index in [9.17, 15) is 4.79 Å². The number of carboxylic acids is 1. The van der Waals surface area contributed by atoms with Gasteiger partial charge in [0.2, 0.25) is 0 Å². The van der Waals surface area contributed by atoms with Gasteiger partial charge in [-0.05, 0) is 0 Å². The van der Waals surface area contributed by atoms with Crippen LogP contribution < -0.4 is 5.73 Å². The maximum Gasteiger partial charge on any atom is 0.365 e. The lowest BCUT2D eigenvalue weighted by Crippen LogP contribution is -2.69. The van der Waals surface area contributed by atoms with Crippen LogP contribution in [0.2, 0.25) is 0 Å². The maximum absolute atomic E-state index is 10.2. The summed E-state index contributed by atoms with van der Waals surface area (Å²) in [4.78, 5) is 10.2. The second-order valence-corrected chi connectivity index (χ2v) is 2.57. The number of quaternary nitrogens is 1. The standard InChI is InChI=1S/C5H9NO2/c1-3-2-5(3,6)4(7)8/h3H,2,6H2,1H3,(H,7,8)/p+1. The van der Waals surface area contributed by atoms with Crippen molar-refractivity contribution in [2.75, 3.05) is 0 Å². The first-order valence-electron chi connectivity index (χ1n) is 2.66. The van der Waals surface area contributed by atoms with Crippen molar-refractivity contribution in [1.29, 1.82) is 0 Å². The van der Waals surface area contributed by atoms with Crippen LogP contribution in [-0.2, 0) is 4.79 Å². The topological polar surface area (TPSA) is 64.9 Å². The number of rotatable bonds is 1. The lowest BCUT2D eigenvalue weighted by Gasteiger charge is -1.94. The van der Waals surface area contributed by atoms with Crippen molar-refractivity contribution in [2.45, 2.75) is 18.9 Å². The van der Waals surface area contributed by atoms with Crippen LogP contribution in [0, 0.1) is 5.92 Å². The predicted octanol–water partition coefficient (Wildman–Crippen LogP) is -0.908. The summed E-state index contributed by atoms with van der Waals surface area (Å²) in [5, 5.41) is 8.42. The molecule has 4 N–H and O–H groups in total. The molecule has 2 unspecified atom stereocenters. The highest BCUT2D eigenvalue weighted by Gasteiger charge is 2.59. The van der Waals surface area contributed by atoms with Crippen molar-refractivity contribution in [2.24, 2.45) is 5.92 Å². The summed E-state index contributed by atoms with van der Waals surface area (Å²) in [5.41, 5.74) is 2.94. The molecule has 3 nitrogen and oxygen atoms in total. The van der Waals surface area contributed by atoms with Gasteiger partial charge in [-0.2, -0.15) is 0 Å². The summed E-state index contributed by atoms with van der Waals surface area (Å²) in [6.45, 7) is 1.90. The van der Waals surface area contributed by atoms with Gasteiger partial charge in [0, 0.05) is 12.3 Å². The van der Waals surface area contributed by atoms with Gasteiger partial charge in [-0.1, -0.05) is 6.92 Å². The molecule has 0 aromatic carbocycles. The second-order valence-electron chi connectivity index (χ2n) is 2.57. The Morgan fingerprint density at radius 1 is 2.00 bits per heavy atom. The van der Waals surface area contributed by atoms with Crippen LogP contribution >= 0.6 is 0 Å². The van der Waals surface area contributed by atoms with E-state index < -0.39 is 11.5 Å². The van der Waals surface area contributed by atoms with Crippen molar-refractivity contribution < 1.29 is 15.6 Å². The van der Waals surface area contributed by atoms with Crippen LogP contribution in [0.1, 0.15) is 13.3 Å². The summed E-state index contributed by atoms with van der Waals surface area (Å²) in [6, 6.07) is 0. The van der Waals surface area contributed by atoms with Crippen LogP contribution in [0.15, 0.2) is 0 Å². The summed E-state index contributed by atoms with van der Waals surface area (Å²) in [5.74, 6) is -0.481. The molecule has 3 heteroatoms. The Morgan fingerprint density at radius 3 is 2.38 bits per heavy atom. The molecule has 1 fully saturated rings. The molecule has 0 aromatic rings. The zero-order valence-corrected chi connectivity index (χ0v) is 4.85. The molecule has 46 valence electrons. The fourth-order valence-electron chi connectivity index (χ4n) is 0.786. The summed E-state index contributed by atoms with van der Waals surface area (Å²) in [7, 11) is 0. The van der Waals surface area contributed by atoms with Crippen molar-refractivity contribution in [3.05, 3.63) is 0 Å². The summed E-state index contributed by atoms with van der Waals surface area (Å²) >= 11 is 0. The second kappa shape index (κ2) is 1.23. The van der Waals surface area contributed by atoms with Crippen molar-refractivity contribution in [3.63, 3.8) is 0 Å². The normalized spacial score (nSPS) is 44.0. The van der Waals surface area contributed by atoms with Crippen molar-refractivity contribution in [1.82, 2.24) is 0 Å². The summed E-state index contributed by atoms with van der Waals surface area (Å²) < 4.78 is 0. The SMILES string of the molecule is CC1CC1([NH3+])C(=O)O. The van der Waals surface area contributed by atoms with E-state index in [0.717, 1.165) is 6.42 Å². The molecule has 0 bridgehead atoms. The van der Waals surface area contributed by atoms with Gasteiger partial charge in [0.15, 0.2) is 5.54 Å². The largest absolute Gasteiger partial charge is 0.477 e. The number of carboxylic acid groups (broad SMARTS) is 1. The van der Waals surface area contributed by atoms with Gasteiger partial charge in [-0.25, -0.2) is 4.79 Å². The minimum absolute atomic E-state index is 0.278. The van der Waals surface area contributed by atoms with Crippen LogP contribution in [0.4, 0.5) is 0 Å². The number of hydrogen-bond acceptors (Lipinski definition) is 1. The average Bonchev–Trinajstić information content (AvgIpc) is 2.17. The molecule has 2 atom stereocenters. The average molecular weight is 116 g/mol. The van der Waals surface area contributed by atoms with Gasteiger partial charge >= 0.3 is 5.97 Å². The van der Waals surface area contributed by atoms with Crippen LogP contribution in [0.25, 0.3) is 0 Å². The third kappa shape index (κ3) is 0.512. The first-order valence-corrected chi connectivity index (χ1v) is 2.66. The molecule has 0 spiro atoms. The molecular weight excluding hydrogens is 106 g/mol. The van der Waals surface area contributed by atoms with E-state index in [1.807, 2.05) is 6.92 Å². The molecule has 0 aromatic heterocycles. The van der Waals surface area contributed by atoms with Gasteiger partial charge < -0.3 is 10.8 Å². The van der Waals surface area contributed by atoms with Crippen molar-refractivity contribution in [3.8, 4) is 0 Å². The van der Waals surface area contributed by atoms with E-state index in [-0.39, 0.29) is 5.92 Å². The quantitative estimate of drug-likeness (QED) is 0.466. The Balaban J connectivity index is 2.60. The highest BCUT2D eigenvalue weighted by Crippen LogP contribution is 2.38. The Labute approximate surface area is 47.5 Å². The van der Waals surface area contributed by atoms with Gasteiger partial charge in [0.05, 0.1) is 0 Å². The molecule has 0 amide bonds. The van der Waals surface area contributed by atoms with Gasteiger partial charge in [-0.15, -0.1) is 0 Å². The molecule has 8 heavy (non-hydrogen) atoms. The van der Waals surface area contributed by atoms with Crippen molar-refractivity contribution >= 4 is 5.97 Å². The molecule has 0 radical (unpaired) electrons. The van der Waals surface area contributed by atoms with E-state index in [4.69, 9.17) is 5.11 Å². The number of hydrogen-bond donors (Lipinski definition) is 2. The van der Waals surface area contributed by atoms with E-state index >= 15 is 0 Å². The lowest BCUT2D eigenvalue weighted by molar-refractivity contribution is -0.429. The molecule has 1 aliphatic rings. The summed E-state index contributed by atoms with van der Waals surface area (Å²) in [6.07, 6.45) is 0.738. The lowest BCUT2D eigenvalue weighted by atomic mass is 10.2. The van der Waals surface area contributed by atoms with Gasteiger partial charge in [0.1, 0.15) is 0 Å². The molecule has 1 aliphatic carbocycles. The Hall–Kier alpha value is -0.570. The molecule has 0 aliphatic heterocycles. The molecule has 0 saturated heterocycles. The third-order valence-electron chi connectivity index (χ3n) is 1.88. The first kappa shape index (κ1) is 5.56. The highest BCUT2D eigenvalue weighted by molar-refractivity contribution is 5.80. The zero-order chi connectivity index (χ0) is 6.36. The number of carbonyl (C=O) groups is 1. The third-order valence-corrected chi connectivity index (χ3v) is 1.88. The Bertz CT molecular complexity index is 134. The highest BCUT2D eigenvalue weighted by atomic mass is 16.4. The van der Waals surface area contributed by atoms with E-state index in [1.54, 1.807) is 0 Å². The number of aliphatic carboxylic acids is 1. The van der Waals surface area contributed by atoms with Crippen LogP contribution in [0.3, 0.4) is 0 Å². The smallest absolute Gasteiger partial charge is 0.365 e. The molecule has 1 saturated carbocycles. The van der Waals surface area contributed by atoms with E-state index in [1.165, 1.54) is 0 Å². The van der Waals surface area contributed by atoms with Gasteiger partial charge in [0.25, 0.3) is 0 Å². The minimum atomic E-state index is -0.759. The van der Waals surface area contributed by atoms with Crippen LogP contribution in [0.5, 0.6) is 0 Å². The molecule has 1 rings (SSSR count). The first-order chi connectivity index (χ1) is 3.57. The Kier molecular flexibility index (Phi) is 0.854.